The number of hydrogen-bond acceptors (Lipinski definition) is 5. The van der Waals surface area contributed by atoms with Crippen molar-refractivity contribution in [1.29, 1.82) is 0 Å². The Bertz CT molecular complexity index is 408. The van der Waals surface area contributed by atoms with Gasteiger partial charge < -0.3 is 10.4 Å². The molecule has 108 valence electrons. The van der Waals surface area contributed by atoms with E-state index in [1.54, 1.807) is 0 Å². The van der Waals surface area contributed by atoms with Gasteiger partial charge in [0.2, 0.25) is 5.13 Å². The molecule has 2 amide bonds. The molecule has 7 heteroatoms. The van der Waals surface area contributed by atoms with Crippen molar-refractivity contribution in [2.75, 3.05) is 11.9 Å². The molecule has 0 aliphatic heterocycles. The highest BCUT2D eigenvalue weighted by molar-refractivity contribution is 7.15. The summed E-state index contributed by atoms with van der Waals surface area (Å²) in [5.74, 6) is 0.525. The molecule has 0 aliphatic carbocycles. The van der Waals surface area contributed by atoms with E-state index >= 15 is 0 Å². The average molecular weight is 286 g/mol. The van der Waals surface area contributed by atoms with Gasteiger partial charge in [0.15, 0.2) is 0 Å². The van der Waals surface area contributed by atoms with Gasteiger partial charge in [0.1, 0.15) is 5.01 Å². The number of amides is 2. The van der Waals surface area contributed by atoms with E-state index < -0.39 is 0 Å². The first-order valence-electron chi connectivity index (χ1n) is 6.43. The normalized spacial score (nSPS) is 14.2. The maximum absolute atomic E-state index is 11.7. The Morgan fingerprint density at radius 3 is 2.58 bits per heavy atom. The van der Waals surface area contributed by atoms with Crippen molar-refractivity contribution in [3.8, 4) is 0 Å². The molecule has 0 radical (unpaired) electrons. The second kappa shape index (κ2) is 7.40. The maximum atomic E-state index is 11.7. The average Bonchev–Trinajstić information content (AvgIpc) is 2.73. The molecule has 0 spiro atoms. The lowest BCUT2D eigenvalue weighted by molar-refractivity contribution is 0.204. The standard InChI is InChI=1S/C12H22N4O2S/c1-7(2)5-10-15-16-12(19-10)14-11(18)13-9(4)8(3)6-17/h7-9,17H,5-6H2,1-4H3,(H2,13,14,16,18). The van der Waals surface area contributed by atoms with Crippen LogP contribution in [-0.2, 0) is 6.42 Å². The van der Waals surface area contributed by atoms with E-state index in [2.05, 4.69) is 34.7 Å². The van der Waals surface area contributed by atoms with Crippen LogP contribution in [-0.4, -0.2) is 34.0 Å². The van der Waals surface area contributed by atoms with E-state index in [-0.39, 0.29) is 24.6 Å². The summed E-state index contributed by atoms with van der Waals surface area (Å²) in [5.41, 5.74) is 0. The topological polar surface area (TPSA) is 87.1 Å². The second-order valence-electron chi connectivity index (χ2n) is 5.15. The van der Waals surface area contributed by atoms with Crippen LogP contribution in [0.4, 0.5) is 9.93 Å². The van der Waals surface area contributed by atoms with Crippen molar-refractivity contribution in [2.45, 2.75) is 40.2 Å². The van der Waals surface area contributed by atoms with E-state index in [4.69, 9.17) is 5.11 Å². The zero-order valence-electron chi connectivity index (χ0n) is 11.8. The van der Waals surface area contributed by atoms with Crippen molar-refractivity contribution in [3.63, 3.8) is 0 Å². The minimum Gasteiger partial charge on any atom is -0.396 e. The number of anilines is 1. The summed E-state index contributed by atoms with van der Waals surface area (Å²) < 4.78 is 0. The number of aromatic nitrogens is 2. The van der Waals surface area contributed by atoms with Crippen LogP contribution in [0.15, 0.2) is 0 Å². The van der Waals surface area contributed by atoms with Gasteiger partial charge in [-0.15, -0.1) is 10.2 Å². The lowest BCUT2D eigenvalue weighted by atomic mass is 10.1. The number of hydrogen-bond donors (Lipinski definition) is 3. The fraction of sp³-hybridized carbons (Fsp3) is 0.750. The van der Waals surface area contributed by atoms with Crippen LogP contribution in [0.5, 0.6) is 0 Å². The lowest BCUT2D eigenvalue weighted by Crippen LogP contribution is -2.40. The largest absolute Gasteiger partial charge is 0.396 e. The predicted molar refractivity (Wildman–Crippen MR) is 76.3 cm³/mol. The predicted octanol–water partition coefficient (Wildman–Crippen LogP) is 1.88. The summed E-state index contributed by atoms with van der Waals surface area (Å²) in [4.78, 5) is 11.7. The quantitative estimate of drug-likeness (QED) is 0.745. The van der Waals surface area contributed by atoms with Crippen molar-refractivity contribution in [1.82, 2.24) is 15.5 Å². The summed E-state index contributed by atoms with van der Waals surface area (Å²) in [7, 11) is 0. The van der Waals surface area contributed by atoms with E-state index in [9.17, 15) is 4.79 Å². The first-order chi connectivity index (χ1) is 8.92. The molecule has 1 heterocycles. The SMILES string of the molecule is CC(C)Cc1nnc(NC(=O)NC(C)C(C)CO)s1. The zero-order valence-corrected chi connectivity index (χ0v) is 12.6. The smallest absolute Gasteiger partial charge is 0.321 e. The molecule has 1 rings (SSSR count). The third kappa shape index (κ3) is 5.52. The minimum absolute atomic E-state index is 0.0108. The van der Waals surface area contributed by atoms with Crippen LogP contribution < -0.4 is 10.6 Å². The van der Waals surface area contributed by atoms with Gasteiger partial charge in [-0.25, -0.2) is 4.79 Å². The summed E-state index contributed by atoms with van der Waals surface area (Å²) >= 11 is 1.39. The first-order valence-corrected chi connectivity index (χ1v) is 7.24. The molecule has 0 bridgehead atoms. The van der Waals surface area contributed by atoms with Gasteiger partial charge in [-0.1, -0.05) is 32.1 Å². The van der Waals surface area contributed by atoms with Gasteiger partial charge in [0.05, 0.1) is 0 Å². The summed E-state index contributed by atoms with van der Waals surface area (Å²) in [5, 5.41) is 23.8. The van der Waals surface area contributed by atoms with Crippen molar-refractivity contribution in [3.05, 3.63) is 5.01 Å². The highest BCUT2D eigenvalue weighted by atomic mass is 32.1. The van der Waals surface area contributed by atoms with Crippen LogP contribution in [0, 0.1) is 11.8 Å². The highest BCUT2D eigenvalue weighted by Crippen LogP contribution is 2.18. The van der Waals surface area contributed by atoms with Crippen LogP contribution >= 0.6 is 11.3 Å². The number of nitrogens with one attached hydrogen (secondary N) is 2. The Kier molecular flexibility index (Phi) is 6.17. The van der Waals surface area contributed by atoms with Gasteiger partial charge in [-0.05, 0) is 18.8 Å². The number of aliphatic hydroxyl groups is 1. The summed E-state index contributed by atoms with van der Waals surface area (Å²) in [6, 6.07) is -0.423. The van der Waals surface area contributed by atoms with E-state index in [0.29, 0.717) is 11.0 Å². The molecule has 3 N–H and O–H groups in total. The Labute approximate surface area is 117 Å². The monoisotopic (exact) mass is 286 g/mol. The zero-order chi connectivity index (χ0) is 14.4. The number of carbonyl (C=O) groups is 1. The molecule has 1 aromatic heterocycles. The van der Waals surface area contributed by atoms with Gasteiger partial charge in [-0.3, -0.25) is 5.32 Å². The van der Waals surface area contributed by atoms with Gasteiger partial charge >= 0.3 is 6.03 Å². The third-order valence-electron chi connectivity index (χ3n) is 2.77. The fourth-order valence-corrected chi connectivity index (χ4v) is 2.32. The number of urea groups is 1. The van der Waals surface area contributed by atoms with Gasteiger partial charge in [0.25, 0.3) is 0 Å². The molecule has 0 fully saturated rings. The fourth-order valence-electron chi connectivity index (χ4n) is 1.38. The molecule has 19 heavy (non-hydrogen) atoms. The number of aliphatic hydroxyl groups excluding tert-OH is 1. The molecular weight excluding hydrogens is 264 g/mol. The van der Waals surface area contributed by atoms with Crippen molar-refractivity contribution in [2.24, 2.45) is 11.8 Å². The lowest BCUT2D eigenvalue weighted by Gasteiger charge is -2.18. The Balaban J connectivity index is 2.46. The number of nitrogens with zero attached hydrogens (tertiary/aromatic N) is 2. The van der Waals surface area contributed by atoms with E-state index in [1.807, 2.05) is 13.8 Å². The van der Waals surface area contributed by atoms with Crippen LogP contribution in [0.2, 0.25) is 0 Å². The molecule has 1 aromatic rings. The Morgan fingerprint density at radius 2 is 2.00 bits per heavy atom. The Morgan fingerprint density at radius 1 is 1.32 bits per heavy atom. The van der Waals surface area contributed by atoms with E-state index in [1.165, 1.54) is 11.3 Å². The van der Waals surface area contributed by atoms with Crippen LogP contribution in [0.3, 0.4) is 0 Å². The van der Waals surface area contributed by atoms with E-state index in [0.717, 1.165) is 11.4 Å². The first kappa shape index (κ1) is 15.8. The third-order valence-corrected chi connectivity index (χ3v) is 3.63. The van der Waals surface area contributed by atoms with Crippen LogP contribution in [0.1, 0.15) is 32.7 Å². The summed E-state index contributed by atoms with van der Waals surface area (Å²) in [6.45, 7) is 7.98. The highest BCUT2D eigenvalue weighted by Gasteiger charge is 2.15. The maximum Gasteiger partial charge on any atom is 0.321 e. The van der Waals surface area contributed by atoms with Gasteiger partial charge in [0, 0.05) is 19.1 Å². The molecule has 2 unspecified atom stereocenters. The number of carbonyl (C=O) groups excluding carboxylic acids is 1. The molecule has 0 saturated heterocycles. The van der Waals surface area contributed by atoms with Gasteiger partial charge in [-0.2, -0.15) is 0 Å². The number of rotatable bonds is 6. The minimum atomic E-state index is -0.319. The molecule has 2 atom stereocenters. The van der Waals surface area contributed by atoms with Crippen molar-refractivity contribution < 1.29 is 9.90 Å². The molecule has 0 saturated carbocycles. The molecule has 0 aromatic carbocycles. The molecule has 6 nitrogen and oxygen atoms in total. The van der Waals surface area contributed by atoms with Crippen LogP contribution in [0.25, 0.3) is 0 Å². The second-order valence-corrected chi connectivity index (χ2v) is 6.21. The van der Waals surface area contributed by atoms with Crippen molar-refractivity contribution >= 4 is 22.5 Å². The molecular formula is C12H22N4O2S. The summed E-state index contributed by atoms with van der Waals surface area (Å²) in [6.07, 6.45) is 0.860. The Hall–Kier alpha value is -1.21. The molecule has 0 aliphatic rings.